The first-order valence-corrected chi connectivity index (χ1v) is 5.37. The van der Waals surface area contributed by atoms with Crippen LogP contribution in [0, 0.1) is 0 Å². The van der Waals surface area contributed by atoms with Crippen molar-refractivity contribution >= 4 is 5.97 Å². The molecule has 0 unspecified atom stereocenters. The molecule has 100 valence electrons. The van der Waals surface area contributed by atoms with Gasteiger partial charge in [-0.2, -0.15) is 8.78 Å². The second-order valence-corrected chi connectivity index (χ2v) is 3.56. The zero-order chi connectivity index (χ0) is 13.6. The molecule has 0 aliphatic rings. The number of aromatic nitrogens is 2. The van der Waals surface area contributed by atoms with Crippen molar-refractivity contribution in [1.82, 2.24) is 9.97 Å². The fourth-order valence-electron chi connectivity index (χ4n) is 1.15. The lowest BCUT2D eigenvalue weighted by molar-refractivity contribution is -0.0734. The van der Waals surface area contributed by atoms with Crippen LogP contribution in [0.2, 0.25) is 0 Å². The number of carbonyl (C=O) groups is 1. The molecule has 0 saturated carbocycles. The first-order valence-electron chi connectivity index (χ1n) is 5.37. The van der Waals surface area contributed by atoms with E-state index < -0.39 is 24.2 Å². The quantitative estimate of drug-likeness (QED) is 0.730. The van der Waals surface area contributed by atoms with Crippen LogP contribution in [0.1, 0.15) is 29.5 Å². The van der Waals surface area contributed by atoms with E-state index in [2.05, 4.69) is 14.7 Å². The fraction of sp³-hybridized carbons (Fsp3) is 0.545. The molecule has 0 N–H and O–H groups in total. The molecule has 0 fully saturated rings. The molecular weight excluding hydrogens is 246 g/mol. The van der Waals surface area contributed by atoms with Crippen LogP contribution < -0.4 is 0 Å². The Morgan fingerprint density at radius 2 is 2.11 bits per heavy atom. The molecule has 0 radical (unpaired) electrons. The maximum absolute atomic E-state index is 13.3. The lowest BCUT2D eigenvalue weighted by Gasteiger charge is -2.13. The Balaban J connectivity index is 2.76. The summed E-state index contributed by atoms with van der Waals surface area (Å²) in [6.45, 7) is 1.30. The van der Waals surface area contributed by atoms with Crippen LogP contribution in [0.5, 0.6) is 0 Å². The van der Waals surface area contributed by atoms with Crippen LogP contribution in [-0.4, -0.2) is 36.3 Å². The van der Waals surface area contributed by atoms with Crippen molar-refractivity contribution < 1.29 is 23.0 Å². The highest BCUT2D eigenvalue weighted by molar-refractivity contribution is 5.86. The normalized spacial score (nSPS) is 11.3. The molecule has 0 spiro atoms. The standard InChI is InChI=1S/C11H14F2N2O3/c1-3-4-18-10(16)8-5-15-9(6-14-8)11(12,13)7-17-2/h5-6H,3-4,7H2,1-2H3. The van der Waals surface area contributed by atoms with Crippen molar-refractivity contribution in [3.63, 3.8) is 0 Å². The minimum absolute atomic E-state index is 0.0968. The first-order chi connectivity index (χ1) is 8.51. The average molecular weight is 260 g/mol. The highest BCUT2D eigenvalue weighted by Gasteiger charge is 2.33. The van der Waals surface area contributed by atoms with Gasteiger partial charge >= 0.3 is 11.9 Å². The summed E-state index contributed by atoms with van der Waals surface area (Å²) in [7, 11) is 1.16. The number of methoxy groups -OCH3 is 1. The number of halogens is 2. The van der Waals surface area contributed by atoms with Crippen molar-refractivity contribution in [3.8, 4) is 0 Å². The molecule has 0 aliphatic carbocycles. The number of hydrogen-bond acceptors (Lipinski definition) is 5. The van der Waals surface area contributed by atoms with Gasteiger partial charge < -0.3 is 9.47 Å². The summed E-state index contributed by atoms with van der Waals surface area (Å²) >= 11 is 0. The maximum atomic E-state index is 13.3. The zero-order valence-electron chi connectivity index (χ0n) is 10.2. The predicted octanol–water partition coefficient (Wildman–Crippen LogP) is 1.78. The van der Waals surface area contributed by atoms with E-state index in [4.69, 9.17) is 4.74 Å². The van der Waals surface area contributed by atoms with Gasteiger partial charge in [-0.05, 0) is 6.42 Å². The summed E-state index contributed by atoms with van der Waals surface area (Å²) in [6.07, 6.45) is 2.49. The smallest absolute Gasteiger partial charge is 0.358 e. The molecule has 5 nitrogen and oxygen atoms in total. The van der Waals surface area contributed by atoms with Gasteiger partial charge in [-0.3, -0.25) is 4.98 Å². The van der Waals surface area contributed by atoms with Crippen LogP contribution in [-0.2, 0) is 15.4 Å². The SMILES string of the molecule is CCCOC(=O)c1cnc(C(F)(F)COC)cn1. The molecule has 1 heterocycles. The third kappa shape index (κ3) is 3.69. The number of alkyl halides is 2. The highest BCUT2D eigenvalue weighted by Crippen LogP contribution is 2.25. The number of rotatable bonds is 6. The van der Waals surface area contributed by atoms with Gasteiger partial charge in [0.25, 0.3) is 0 Å². The minimum atomic E-state index is -3.23. The van der Waals surface area contributed by atoms with E-state index in [1.807, 2.05) is 6.92 Å². The van der Waals surface area contributed by atoms with E-state index in [0.717, 1.165) is 19.5 Å². The Kier molecular flexibility index (Phi) is 5.08. The molecule has 0 aromatic carbocycles. The first kappa shape index (κ1) is 14.4. The van der Waals surface area contributed by atoms with Crippen LogP contribution in [0.15, 0.2) is 12.4 Å². The van der Waals surface area contributed by atoms with Crippen molar-refractivity contribution in [2.75, 3.05) is 20.3 Å². The maximum Gasteiger partial charge on any atom is 0.358 e. The molecule has 1 aromatic rings. The van der Waals surface area contributed by atoms with E-state index in [9.17, 15) is 13.6 Å². The molecule has 0 bridgehead atoms. The number of carbonyl (C=O) groups excluding carboxylic acids is 1. The summed E-state index contributed by atoms with van der Waals surface area (Å²) in [5, 5.41) is 0. The van der Waals surface area contributed by atoms with Gasteiger partial charge in [-0.15, -0.1) is 0 Å². The lowest BCUT2D eigenvalue weighted by Crippen LogP contribution is -2.22. The molecule has 0 amide bonds. The number of hydrogen-bond donors (Lipinski definition) is 0. The van der Waals surface area contributed by atoms with Crippen molar-refractivity contribution in [2.24, 2.45) is 0 Å². The Labute approximate surface area is 103 Å². The van der Waals surface area contributed by atoms with E-state index in [-0.39, 0.29) is 12.3 Å². The van der Waals surface area contributed by atoms with Gasteiger partial charge in [0.2, 0.25) is 0 Å². The van der Waals surface area contributed by atoms with Crippen LogP contribution in [0.3, 0.4) is 0 Å². The third-order valence-electron chi connectivity index (χ3n) is 2.00. The molecule has 0 aliphatic heterocycles. The predicted molar refractivity (Wildman–Crippen MR) is 58.4 cm³/mol. The Bertz CT molecular complexity index is 396. The summed E-state index contributed by atoms with van der Waals surface area (Å²) in [4.78, 5) is 18.5. The summed E-state index contributed by atoms with van der Waals surface area (Å²) in [6, 6.07) is 0. The van der Waals surface area contributed by atoms with Crippen LogP contribution in [0.4, 0.5) is 8.78 Å². The van der Waals surface area contributed by atoms with Gasteiger partial charge in [0.15, 0.2) is 5.69 Å². The van der Waals surface area contributed by atoms with Gasteiger partial charge in [0.05, 0.1) is 19.0 Å². The number of nitrogens with zero attached hydrogens (tertiary/aromatic N) is 2. The topological polar surface area (TPSA) is 61.3 Å². The van der Waals surface area contributed by atoms with Crippen molar-refractivity contribution in [3.05, 3.63) is 23.8 Å². The van der Waals surface area contributed by atoms with E-state index >= 15 is 0 Å². The molecule has 18 heavy (non-hydrogen) atoms. The Hall–Kier alpha value is -1.63. The fourth-order valence-corrected chi connectivity index (χ4v) is 1.15. The second kappa shape index (κ2) is 6.34. The van der Waals surface area contributed by atoms with Gasteiger partial charge in [0.1, 0.15) is 12.3 Å². The van der Waals surface area contributed by atoms with Crippen molar-refractivity contribution in [2.45, 2.75) is 19.3 Å². The lowest BCUT2D eigenvalue weighted by atomic mass is 10.2. The average Bonchev–Trinajstić information content (AvgIpc) is 2.36. The van der Waals surface area contributed by atoms with Gasteiger partial charge in [0, 0.05) is 7.11 Å². The molecule has 0 saturated heterocycles. The summed E-state index contributed by atoms with van der Waals surface area (Å²) in [5.41, 5.74) is -0.642. The summed E-state index contributed by atoms with van der Waals surface area (Å²) in [5.74, 6) is -3.90. The second-order valence-electron chi connectivity index (χ2n) is 3.56. The molecule has 7 heteroatoms. The minimum Gasteiger partial charge on any atom is -0.461 e. The van der Waals surface area contributed by atoms with E-state index in [1.165, 1.54) is 0 Å². The van der Waals surface area contributed by atoms with Gasteiger partial charge in [-0.1, -0.05) is 6.92 Å². The monoisotopic (exact) mass is 260 g/mol. The van der Waals surface area contributed by atoms with E-state index in [0.29, 0.717) is 6.42 Å². The highest BCUT2D eigenvalue weighted by atomic mass is 19.3. The molecule has 0 atom stereocenters. The van der Waals surface area contributed by atoms with Crippen LogP contribution in [0.25, 0.3) is 0 Å². The van der Waals surface area contributed by atoms with E-state index in [1.54, 1.807) is 0 Å². The Morgan fingerprint density at radius 3 is 2.61 bits per heavy atom. The molecular formula is C11H14F2N2O3. The number of ether oxygens (including phenoxy) is 2. The molecule has 1 aromatic heterocycles. The Morgan fingerprint density at radius 1 is 1.39 bits per heavy atom. The largest absolute Gasteiger partial charge is 0.461 e. The number of esters is 1. The van der Waals surface area contributed by atoms with Crippen molar-refractivity contribution in [1.29, 1.82) is 0 Å². The summed E-state index contributed by atoms with van der Waals surface area (Å²) < 4.78 is 35.9. The van der Waals surface area contributed by atoms with Crippen LogP contribution >= 0.6 is 0 Å². The van der Waals surface area contributed by atoms with Gasteiger partial charge in [-0.25, -0.2) is 9.78 Å². The molecule has 1 rings (SSSR count). The third-order valence-corrected chi connectivity index (χ3v) is 2.00. The zero-order valence-corrected chi connectivity index (χ0v) is 10.2.